The van der Waals surface area contributed by atoms with Gasteiger partial charge < -0.3 is 5.32 Å². The van der Waals surface area contributed by atoms with Crippen LogP contribution in [0.15, 0.2) is 82.8 Å². The summed E-state index contributed by atoms with van der Waals surface area (Å²) in [5.74, 6) is 0.122. The molecule has 1 aliphatic heterocycles. The monoisotopic (exact) mass is 433 g/mol. The molecule has 0 fully saturated rings. The molecule has 3 aromatic carbocycles. The van der Waals surface area contributed by atoms with Gasteiger partial charge in [0.15, 0.2) is 0 Å². The van der Waals surface area contributed by atoms with Crippen LogP contribution in [0.4, 0.5) is 17.1 Å². The van der Waals surface area contributed by atoms with Crippen LogP contribution in [0.5, 0.6) is 0 Å². The minimum Gasteiger partial charge on any atom is -0.324 e. The number of hydrogen-bond donors (Lipinski definition) is 1. The Morgan fingerprint density at radius 2 is 1.70 bits per heavy atom. The van der Waals surface area contributed by atoms with Crippen LogP contribution in [0.3, 0.4) is 0 Å². The summed E-state index contributed by atoms with van der Waals surface area (Å²) in [4.78, 5) is 22.1. The summed E-state index contributed by atoms with van der Waals surface area (Å²) in [6.07, 6.45) is 0.571. The van der Waals surface area contributed by atoms with Gasteiger partial charge in [-0.15, -0.1) is 11.8 Å². The van der Waals surface area contributed by atoms with Crippen LogP contribution in [0.25, 0.3) is 0 Å². The van der Waals surface area contributed by atoms with E-state index < -0.39 is 0 Å². The fourth-order valence-electron chi connectivity index (χ4n) is 3.09. The summed E-state index contributed by atoms with van der Waals surface area (Å²) < 4.78 is 0. The molecule has 0 unspecified atom stereocenters. The van der Waals surface area contributed by atoms with E-state index in [0.29, 0.717) is 17.1 Å². The molecule has 150 valence electrons. The van der Waals surface area contributed by atoms with Crippen molar-refractivity contribution >= 4 is 57.1 Å². The van der Waals surface area contributed by atoms with E-state index in [1.165, 1.54) is 11.8 Å². The van der Waals surface area contributed by atoms with Crippen molar-refractivity contribution < 1.29 is 4.79 Å². The molecule has 1 aliphatic rings. The summed E-state index contributed by atoms with van der Waals surface area (Å²) in [5, 5.41) is 4.27. The molecule has 30 heavy (non-hydrogen) atoms. The van der Waals surface area contributed by atoms with Crippen LogP contribution in [0.2, 0.25) is 5.02 Å². The highest BCUT2D eigenvalue weighted by atomic mass is 35.5. The van der Waals surface area contributed by atoms with E-state index in [4.69, 9.17) is 21.6 Å². The van der Waals surface area contributed by atoms with E-state index in [-0.39, 0.29) is 11.7 Å². The number of halogens is 1. The first-order chi connectivity index (χ1) is 14.6. The van der Waals surface area contributed by atoms with Gasteiger partial charge in [-0.3, -0.25) is 9.79 Å². The molecule has 0 aromatic heterocycles. The molecule has 3 aromatic rings. The van der Waals surface area contributed by atoms with Crippen molar-refractivity contribution in [1.29, 1.82) is 0 Å². The maximum absolute atomic E-state index is 12.5. The summed E-state index contributed by atoms with van der Waals surface area (Å²) >= 11 is 7.65. The molecule has 1 amide bonds. The van der Waals surface area contributed by atoms with Crippen LogP contribution >= 0.6 is 23.4 Å². The number of amides is 1. The highest BCUT2D eigenvalue weighted by Crippen LogP contribution is 2.33. The zero-order valence-electron chi connectivity index (χ0n) is 16.4. The van der Waals surface area contributed by atoms with Gasteiger partial charge in [-0.1, -0.05) is 60.1 Å². The number of carbonyl (C=O) groups excluding carboxylic acids is 1. The number of anilines is 1. The van der Waals surface area contributed by atoms with E-state index in [2.05, 4.69) is 5.32 Å². The standard InChI is InChI=1S/C24H20ClN3OS/c1-16-11-12-19(18(25)13-16)27-23(29)15-30-24-14-22(17-7-3-2-4-8-17)26-20-9-5-6-10-21(20)28-24/h2-13H,14-15H2,1H3,(H,27,29). The van der Waals surface area contributed by atoms with Crippen molar-refractivity contribution in [3.05, 3.63) is 88.9 Å². The molecule has 0 atom stereocenters. The van der Waals surface area contributed by atoms with Gasteiger partial charge in [0, 0.05) is 6.42 Å². The van der Waals surface area contributed by atoms with E-state index >= 15 is 0 Å². The van der Waals surface area contributed by atoms with Gasteiger partial charge in [0.25, 0.3) is 0 Å². The lowest BCUT2D eigenvalue weighted by Crippen LogP contribution is -2.16. The Balaban J connectivity index is 1.51. The molecule has 4 nitrogen and oxygen atoms in total. The van der Waals surface area contributed by atoms with Crippen molar-refractivity contribution in [2.24, 2.45) is 9.98 Å². The highest BCUT2D eigenvalue weighted by Gasteiger charge is 2.16. The Morgan fingerprint density at radius 3 is 2.43 bits per heavy atom. The zero-order valence-corrected chi connectivity index (χ0v) is 18.0. The molecule has 1 N–H and O–H groups in total. The van der Waals surface area contributed by atoms with Crippen LogP contribution in [0, 0.1) is 6.92 Å². The topological polar surface area (TPSA) is 53.8 Å². The summed E-state index contributed by atoms with van der Waals surface area (Å²) in [6, 6.07) is 23.4. The summed E-state index contributed by atoms with van der Waals surface area (Å²) in [6.45, 7) is 1.96. The third kappa shape index (κ3) is 4.99. The second-order valence-electron chi connectivity index (χ2n) is 6.92. The van der Waals surface area contributed by atoms with E-state index in [1.807, 2.05) is 79.7 Å². The Hall–Kier alpha value is -2.89. The molecule has 1 heterocycles. The number of hydrogen-bond acceptors (Lipinski definition) is 4. The number of thioether (sulfide) groups is 1. The molecule has 0 bridgehead atoms. The predicted octanol–water partition coefficient (Wildman–Crippen LogP) is 6.57. The van der Waals surface area contributed by atoms with E-state index in [9.17, 15) is 4.79 Å². The van der Waals surface area contributed by atoms with Gasteiger partial charge in [0.2, 0.25) is 5.91 Å². The molecule has 0 aliphatic carbocycles. The average Bonchev–Trinajstić information content (AvgIpc) is 2.94. The van der Waals surface area contributed by atoms with Crippen LogP contribution < -0.4 is 5.32 Å². The third-order valence-electron chi connectivity index (χ3n) is 4.58. The number of nitrogens with zero attached hydrogens (tertiary/aromatic N) is 2. The van der Waals surface area contributed by atoms with Crippen LogP contribution in [0.1, 0.15) is 17.5 Å². The largest absolute Gasteiger partial charge is 0.324 e. The lowest BCUT2D eigenvalue weighted by molar-refractivity contribution is -0.113. The third-order valence-corrected chi connectivity index (χ3v) is 5.86. The second kappa shape index (κ2) is 9.28. The average molecular weight is 434 g/mol. The van der Waals surface area contributed by atoms with Gasteiger partial charge in [0.1, 0.15) is 0 Å². The normalized spacial score (nSPS) is 13.0. The Morgan fingerprint density at radius 1 is 1.00 bits per heavy atom. The number of nitrogens with one attached hydrogen (secondary N) is 1. The lowest BCUT2D eigenvalue weighted by Gasteiger charge is -2.09. The molecule has 0 spiro atoms. The van der Waals surface area contributed by atoms with Crippen LogP contribution in [-0.2, 0) is 4.79 Å². The second-order valence-corrected chi connectivity index (χ2v) is 8.37. The maximum atomic E-state index is 12.5. The highest BCUT2D eigenvalue weighted by molar-refractivity contribution is 8.14. The van der Waals surface area contributed by atoms with E-state index in [1.54, 1.807) is 0 Å². The molecule has 0 radical (unpaired) electrons. The van der Waals surface area contributed by atoms with Crippen molar-refractivity contribution in [2.75, 3.05) is 11.1 Å². The quantitative estimate of drug-likeness (QED) is 0.505. The minimum atomic E-state index is -0.121. The van der Waals surface area contributed by atoms with E-state index in [0.717, 1.165) is 33.3 Å². The van der Waals surface area contributed by atoms with Gasteiger partial charge >= 0.3 is 0 Å². The Bertz CT molecular complexity index is 1140. The van der Waals surface area contributed by atoms with Crippen LogP contribution in [-0.4, -0.2) is 22.4 Å². The van der Waals surface area contributed by atoms with Crippen molar-refractivity contribution in [2.45, 2.75) is 13.3 Å². The number of benzene rings is 3. The smallest absolute Gasteiger partial charge is 0.234 e. The first-order valence-corrected chi connectivity index (χ1v) is 10.9. The molecule has 0 saturated heterocycles. The maximum Gasteiger partial charge on any atom is 0.234 e. The lowest BCUT2D eigenvalue weighted by atomic mass is 10.1. The number of carbonyl (C=O) groups is 1. The number of rotatable bonds is 4. The SMILES string of the molecule is Cc1ccc(NC(=O)CSC2=Nc3ccccc3N=C(c3ccccc3)C2)c(Cl)c1. The summed E-state index contributed by atoms with van der Waals surface area (Å²) in [5.41, 5.74) is 5.31. The Labute approximate surface area is 185 Å². The summed E-state index contributed by atoms with van der Waals surface area (Å²) in [7, 11) is 0. The van der Waals surface area contributed by atoms with Gasteiger partial charge in [-0.2, -0.15) is 0 Å². The molecule has 4 rings (SSSR count). The Kier molecular flexibility index (Phi) is 6.31. The predicted molar refractivity (Wildman–Crippen MR) is 128 cm³/mol. The fourth-order valence-corrected chi connectivity index (χ4v) is 4.15. The van der Waals surface area contributed by atoms with Crippen molar-refractivity contribution in [1.82, 2.24) is 0 Å². The number of aliphatic imine (C=N–C) groups is 2. The number of fused-ring (bicyclic) bond motifs is 1. The molecular weight excluding hydrogens is 414 g/mol. The number of para-hydroxylation sites is 2. The van der Waals surface area contributed by atoms with Gasteiger partial charge in [-0.25, -0.2) is 4.99 Å². The molecule has 6 heteroatoms. The molecule has 0 saturated carbocycles. The van der Waals surface area contributed by atoms with Gasteiger partial charge in [-0.05, 0) is 42.3 Å². The van der Waals surface area contributed by atoms with Crippen molar-refractivity contribution in [3.63, 3.8) is 0 Å². The van der Waals surface area contributed by atoms with Gasteiger partial charge in [0.05, 0.1) is 38.6 Å². The first-order valence-electron chi connectivity index (χ1n) is 9.57. The molecular formula is C24H20ClN3OS. The first kappa shape index (κ1) is 20.4. The fraction of sp³-hybridized carbons (Fsp3) is 0.125. The number of aryl methyl sites for hydroxylation is 1. The zero-order chi connectivity index (χ0) is 20.9. The van der Waals surface area contributed by atoms with Crippen molar-refractivity contribution in [3.8, 4) is 0 Å². The minimum absolute atomic E-state index is 0.121.